The van der Waals surface area contributed by atoms with E-state index in [0.717, 1.165) is 0 Å². The number of carbonyl (C=O) groups excluding carboxylic acids is 1. The fourth-order valence-corrected chi connectivity index (χ4v) is 2.83. The van der Waals surface area contributed by atoms with Crippen molar-refractivity contribution in [3.05, 3.63) is 75.3 Å². The summed E-state index contributed by atoms with van der Waals surface area (Å²) in [5, 5.41) is 8.82. The summed E-state index contributed by atoms with van der Waals surface area (Å²) < 4.78 is 0. The second-order valence-electron chi connectivity index (χ2n) is 5.62. The molecule has 2 aromatic carbocycles. The number of hydrogen-bond acceptors (Lipinski definition) is 5. The molecule has 28 heavy (non-hydrogen) atoms. The molecular formula is C20H19Cl2N3O3. The lowest BCUT2D eigenvalue weighted by atomic mass is 10.0. The van der Waals surface area contributed by atoms with Gasteiger partial charge in [-0.25, -0.2) is 0 Å². The topological polar surface area (TPSA) is 86.3 Å². The van der Waals surface area contributed by atoms with Gasteiger partial charge in [-0.05, 0) is 25.1 Å². The standard InChI is InChI=1S/C20H19Cl2N3O3/c1-13(10-11-16-17(21)8-5-9-18(16)22)24-28-12-14-6-3-4-7-15(14)19(20(23)26)25-27-2/h3-11H,12H2,1-2H3,(H2,23,26)/b11-10+,24-13?,25-19?. The van der Waals surface area contributed by atoms with Crippen molar-refractivity contribution in [3.63, 3.8) is 0 Å². The average molecular weight is 420 g/mol. The summed E-state index contributed by atoms with van der Waals surface area (Å²) in [7, 11) is 1.34. The van der Waals surface area contributed by atoms with E-state index in [1.165, 1.54) is 7.11 Å². The molecule has 8 heteroatoms. The quantitative estimate of drug-likeness (QED) is 0.506. The number of nitrogens with two attached hydrogens (primary N) is 1. The number of amides is 1. The molecule has 0 atom stereocenters. The molecule has 0 aliphatic carbocycles. The lowest BCUT2D eigenvalue weighted by Crippen LogP contribution is -2.25. The number of rotatable bonds is 8. The van der Waals surface area contributed by atoms with Crippen LogP contribution in [0.2, 0.25) is 10.0 Å². The van der Waals surface area contributed by atoms with Crippen molar-refractivity contribution in [2.45, 2.75) is 13.5 Å². The van der Waals surface area contributed by atoms with Gasteiger partial charge in [0.1, 0.15) is 13.7 Å². The fraction of sp³-hybridized carbons (Fsp3) is 0.150. The Morgan fingerprint density at radius 1 is 1.11 bits per heavy atom. The predicted octanol–water partition coefficient (Wildman–Crippen LogP) is 4.44. The number of nitrogens with zero attached hydrogens (tertiary/aromatic N) is 2. The number of halogens is 2. The van der Waals surface area contributed by atoms with Crippen molar-refractivity contribution in [3.8, 4) is 0 Å². The van der Waals surface area contributed by atoms with Gasteiger partial charge >= 0.3 is 0 Å². The third kappa shape index (κ3) is 5.84. The predicted molar refractivity (Wildman–Crippen MR) is 113 cm³/mol. The minimum Gasteiger partial charge on any atom is -0.398 e. The molecule has 0 fully saturated rings. The van der Waals surface area contributed by atoms with E-state index in [1.54, 1.807) is 55.5 Å². The maximum Gasteiger partial charge on any atom is 0.271 e. The van der Waals surface area contributed by atoms with Crippen LogP contribution in [-0.4, -0.2) is 24.4 Å². The Morgan fingerprint density at radius 3 is 2.43 bits per heavy atom. The summed E-state index contributed by atoms with van der Waals surface area (Å²) in [5.41, 5.74) is 7.89. The van der Waals surface area contributed by atoms with Crippen LogP contribution < -0.4 is 5.73 Å². The van der Waals surface area contributed by atoms with Gasteiger partial charge in [0.15, 0.2) is 5.71 Å². The van der Waals surface area contributed by atoms with Gasteiger partial charge in [0.25, 0.3) is 5.91 Å². The highest BCUT2D eigenvalue weighted by atomic mass is 35.5. The van der Waals surface area contributed by atoms with Crippen molar-refractivity contribution in [2.75, 3.05) is 7.11 Å². The Bertz CT molecular complexity index is 920. The molecule has 0 radical (unpaired) electrons. The number of carbonyl (C=O) groups is 1. The first kappa shape index (κ1) is 21.5. The molecule has 0 spiro atoms. The Hall–Kier alpha value is -2.83. The monoisotopic (exact) mass is 419 g/mol. The largest absolute Gasteiger partial charge is 0.398 e. The normalized spacial score (nSPS) is 12.3. The highest BCUT2D eigenvalue weighted by Gasteiger charge is 2.15. The maximum absolute atomic E-state index is 11.6. The molecule has 0 bridgehead atoms. The number of allylic oxidation sites excluding steroid dienone is 1. The summed E-state index contributed by atoms with van der Waals surface area (Å²) in [4.78, 5) is 21.7. The third-order valence-corrected chi connectivity index (χ3v) is 4.27. The summed E-state index contributed by atoms with van der Waals surface area (Å²) in [6.07, 6.45) is 3.50. The molecule has 0 aliphatic rings. The Balaban J connectivity index is 2.11. The van der Waals surface area contributed by atoms with Gasteiger partial charge in [-0.1, -0.05) is 69.9 Å². The van der Waals surface area contributed by atoms with Gasteiger partial charge in [-0.2, -0.15) is 0 Å². The SMILES string of the molecule is CON=C(C(N)=O)c1ccccc1CON=C(C)/C=C/c1c(Cl)cccc1Cl. The first-order chi connectivity index (χ1) is 13.4. The smallest absolute Gasteiger partial charge is 0.271 e. The summed E-state index contributed by atoms with van der Waals surface area (Å²) in [6, 6.07) is 12.3. The van der Waals surface area contributed by atoms with Crippen LogP contribution in [-0.2, 0) is 21.1 Å². The van der Waals surface area contributed by atoms with Crippen molar-refractivity contribution in [1.82, 2.24) is 0 Å². The number of benzene rings is 2. The summed E-state index contributed by atoms with van der Waals surface area (Å²) >= 11 is 12.3. The molecule has 0 heterocycles. The molecular weight excluding hydrogens is 401 g/mol. The molecule has 0 aromatic heterocycles. The first-order valence-corrected chi connectivity index (χ1v) is 8.97. The lowest BCUT2D eigenvalue weighted by molar-refractivity contribution is -0.112. The van der Waals surface area contributed by atoms with Crippen LogP contribution in [0.5, 0.6) is 0 Å². The molecule has 0 saturated heterocycles. The van der Waals surface area contributed by atoms with E-state index in [9.17, 15) is 4.79 Å². The maximum atomic E-state index is 11.6. The van der Waals surface area contributed by atoms with E-state index in [2.05, 4.69) is 10.3 Å². The van der Waals surface area contributed by atoms with E-state index >= 15 is 0 Å². The Morgan fingerprint density at radius 2 is 1.79 bits per heavy atom. The lowest BCUT2D eigenvalue weighted by Gasteiger charge is -2.08. The molecule has 0 unspecified atom stereocenters. The van der Waals surface area contributed by atoms with Crippen molar-refractivity contribution < 1.29 is 14.5 Å². The molecule has 0 aliphatic heterocycles. The van der Waals surface area contributed by atoms with Gasteiger partial charge in [-0.3, -0.25) is 4.79 Å². The van der Waals surface area contributed by atoms with Gasteiger partial charge in [-0.15, -0.1) is 0 Å². The fourth-order valence-electron chi connectivity index (χ4n) is 2.30. The van der Waals surface area contributed by atoms with Crippen LogP contribution in [0.25, 0.3) is 6.08 Å². The van der Waals surface area contributed by atoms with Crippen LogP contribution in [0.3, 0.4) is 0 Å². The van der Waals surface area contributed by atoms with Gasteiger partial charge in [0, 0.05) is 26.7 Å². The summed E-state index contributed by atoms with van der Waals surface area (Å²) in [6.45, 7) is 1.89. The minimum absolute atomic E-state index is 0.00987. The van der Waals surface area contributed by atoms with Gasteiger partial charge in [0.05, 0.1) is 5.71 Å². The van der Waals surface area contributed by atoms with Gasteiger partial charge in [0.2, 0.25) is 0 Å². The third-order valence-electron chi connectivity index (χ3n) is 3.61. The molecule has 2 N–H and O–H groups in total. The molecule has 2 aromatic rings. The van der Waals surface area contributed by atoms with Crippen LogP contribution in [0.4, 0.5) is 0 Å². The molecule has 2 rings (SSSR count). The van der Waals surface area contributed by atoms with E-state index in [0.29, 0.717) is 32.4 Å². The Kier molecular flexibility index (Phi) is 8.04. The molecule has 146 valence electrons. The van der Waals surface area contributed by atoms with Crippen molar-refractivity contribution >= 4 is 46.6 Å². The molecule has 6 nitrogen and oxygen atoms in total. The zero-order valence-corrected chi connectivity index (χ0v) is 16.9. The van der Waals surface area contributed by atoms with Gasteiger partial charge < -0.3 is 15.4 Å². The van der Waals surface area contributed by atoms with Crippen LogP contribution in [0, 0.1) is 0 Å². The van der Waals surface area contributed by atoms with Crippen LogP contribution >= 0.6 is 23.2 Å². The highest BCUT2D eigenvalue weighted by molar-refractivity contribution is 6.45. The average Bonchev–Trinajstić information content (AvgIpc) is 2.66. The minimum atomic E-state index is -0.700. The van der Waals surface area contributed by atoms with Crippen LogP contribution in [0.15, 0.2) is 58.9 Å². The summed E-state index contributed by atoms with van der Waals surface area (Å²) in [5.74, 6) is -0.700. The number of primary amides is 1. The first-order valence-electron chi connectivity index (χ1n) is 8.22. The second-order valence-corrected chi connectivity index (χ2v) is 6.43. The van der Waals surface area contributed by atoms with Crippen LogP contribution in [0.1, 0.15) is 23.6 Å². The molecule has 0 saturated carbocycles. The number of oxime groups is 2. The van der Waals surface area contributed by atoms with Crippen molar-refractivity contribution in [2.24, 2.45) is 16.0 Å². The van der Waals surface area contributed by atoms with Crippen molar-refractivity contribution in [1.29, 1.82) is 0 Å². The zero-order valence-electron chi connectivity index (χ0n) is 15.4. The number of hydrogen-bond donors (Lipinski definition) is 1. The zero-order chi connectivity index (χ0) is 20.5. The Labute approximate surface area is 173 Å². The van der Waals surface area contributed by atoms with E-state index in [1.807, 2.05) is 6.07 Å². The molecule has 1 amide bonds. The second kappa shape index (κ2) is 10.5. The van der Waals surface area contributed by atoms with E-state index in [4.69, 9.17) is 38.6 Å². The van der Waals surface area contributed by atoms with E-state index in [-0.39, 0.29) is 12.3 Å². The van der Waals surface area contributed by atoms with E-state index < -0.39 is 5.91 Å². The highest BCUT2D eigenvalue weighted by Crippen LogP contribution is 2.25.